The van der Waals surface area contributed by atoms with E-state index in [4.69, 9.17) is 23.2 Å². The Hall–Kier alpha value is -4.01. The van der Waals surface area contributed by atoms with Gasteiger partial charge in [0.1, 0.15) is 0 Å². The number of hydrogen-bond acceptors (Lipinski definition) is 5. The van der Waals surface area contributed by atoms with Crippen molar-refractivity contribution in [1.82, 2.24) is 20.6 Å². The van der Waals surface area contributed by atoms with Gasteiger partial charge in [-0.25, -0.2) is 0 Å². The van der Waals surface area contributed by atoms with Crippen molar-refractivity contribution in [2.75, 3.05) is 10.2 Å². The molecule has 194 valence electrons. The second-order valence-corrected chi connectivity index (χ2v) is 10.4. The summed E-state index contributed by atoms with van der Waals surface area (Å²) in [6.45, 7) is 6.69. The number of amides is 2. The molecule has 0 aliphatic heterocycles. The number of aromatic amines is 1. The van der Waals surface area contributed by atoms with Crippen LogP contribution in [0, 0.1) is 0 Å². The number of rotatable bonds is 7. The summed E-state index contributed by atoms with van der Waals surface area (Å²) in [6, 6.07) is 20.0. The van der Waals surface area contributed by atoms with E-state index >= 15 is 0 Å². The normalized spacial score (nSPS) is 11.5. The molecule has 4 rings (SSSR count). The number of aromatic nitrogens is 4. The number of carbonyl (C=O) groups is 2. The summed E-state index contributed by atoms with van der Waals surface area (Å²) in [5.41, 5.74) is 3.69. The SMILES string of the molecule is CC(C)(C)c1ccc(N(Cc2ccc(C(=O)Nc3nn[nH]n3)cc2)C(=O)C=Cc2c(Cl)cccc2Cl)cc1. The van der Waals surface area contributed by atoms with Gasteiger partial charge >= 0.3 is 0 Å². The zero-order valence-electron chi connectivity index (χ0n) is 21.1. The summed E-state index contributed by atoms with van der Waals surface area (Å²) in [5, 5.41) is 16.6. The highest BCUT2D eigenvalue weighted by Gasteiger charge is 2.18. The van der Waals surface area contributed by atoms with Crippen LogP contribution in [-0.4, -0.2) is 32.4 Å². The monoisotopic (exact) mass is 548 g/mol. The van der Waals surface area contributed by atoms with Crippen molar-refractivity contribution in [3.8, 4) is 0 Å². The van der Waals surface area contributed by atoms with Crippen LogP contribution >= 0.6 is 23.2 Å². The second kappa shape index (κ2) is 11.6. The first-order valence-corrected chi connectivity index (χ1v) is 12.6. The summed E-state index contributed by atoms with van der Waals surface area (Å²) in [4.78, 5) is 27.5. The Balaban J connectivity index is 1.59. The van der Waals surface area contributed by atoms with Gasteiger partial charge in [-0.1, -0.05) is 79.4 Å². The summed E-state index contributed by atoms with van der Waals surface area (Å²) in [6.07, 6.45) is 3.08. The predicted octanol–water partition coefficient (Wildman–Crippen LogP) is 6.30. The molecular formula is C28H26Cl2N6O2. The average Bonchev–Trinajstić information content (AvgIpc) is 3.40. The lowest BCUT2D eigenvalue weighted by Gasteiger charge is -2.24. The number of nitrogens with zero attached hydrogens (tertiary/aromatic N) is 4. The quantitative estimate of drug-likeness (QED) is 0.263. The Kier molecular flexibility index (Phi) is 8.24. The van der Waals surface area contributed by atoms with Crippen LogP contribution in [0.15, 0.2) is 72.8 Å². The summed E-state index contributed by atoms with van der Waals surface area (Å²) in [5.74, 6) is -0.536. The van der Waals surface area contributed by atoms with Gasteiger partial charge in [-0.2, -0.15) is 5.21 Å². The first-order chi connectivity index (χ1) is 18.1. The zero-order chi connectivity index (χ0) is 27.3. The van der Waals surface area contributed by atoms with Crippen molar-refractivity contribution in [2.45, 2.75) is 32.7 Å². The number of benzene rings is 3. The lowest BCUT2D eigenvalue weighted by molar-refractivity contribution is -0.114. The molecule has 0 fully saturated rings. The van der Waals surface area contributed by atoms with E-state index in [-0.39, 0.29) is 29.7 Å². The van der Waals surface area contributed by atoms with Gasteiger partial charge in [-0.15, -0.1) is 5.10 Å². The van der Waals surface area contributed by atoms with E-state index < -0.39 is 0 Å². The van der Waals surface area contributed by atoms with Gasteiger partial charge in [0.15, 0.2) is 0 Å². The van der Waals surface area contributed by atoms with E-state index in [0.717, 1.165) is 16.8 Å². The molecule has 0 unspecified atom stereocenters. The molecule has 2 N–H and O–H groups in total. The molecule has 4 aromatic rings. The maximum atomic E-state index is 13.4. The molecule has 1 aromatic heterocycles. The molecule has 0 bridgehead atoms. The lowest BCUT2D eigenvalue weighted by Crippen LogP contribution is -2.29. The molecule has 0 spiro atoms. The molecule has 10 heteroatoms. The first-order valence-electron chi connectivity index (χ1n) is 11.8. The van der Waals surface area contributed by atoms with Crippen LogP contribution in [-0.2, 0) is 16.8 Å². The zero-order valence-corrected chi connectivity index (χ0v) is 22.6. The van der Waals surface area contributed by atoms with Crippen LogP contribution in [0.4, 0.5) is 11.6 Å². The van der Waals surface area contributed by atoms with Crippen LogP contribution in [0.2, 0.25) is 10.0 Å². The molecule has 0 saturated heterocycles. The Morgan fingerprint density at radius 1 is 0.974 bits per heavy atom. The highest BCUT2D eigenvalue weighted by Crippen LogP contribution is 2.28. The molecule has 0 aliphatic rings. The van der Waals surface area contributed by atoms with E-state index in [9.17, 15) is 9.59 Å². The molecule has 0 radical (unpaired) electrons. The number of H-pyrrole nitrogens is 1. The minimum absolute atomic E-state index is 0.0218. The minimum Gasteiger partial charge on any atom is -0.304 e. The van der Waals surface area contributed by atoms with E-state index in [2.05, 4.69) is 46.7 Å². The molecule has 3 aromatic carbocycles. The van der Waals surface area contributed by atoms with Gasteiger partial charge in [0, 0.05) is 32.9 Å². The third-order valence-electron chi connectivity index (χ3n) is 5.83. The van der Waals surface area contributed by atoms with Gasteiger partial charge < -0.3 is 4.90 Å². The second-order valence-electron chi connectivity index (χ2n) is 9.58. The van der Waals surface area contributed by atoms with Crippen LogP contribution < -0.4 is 10.2 Å². The molecule has 2 amide bonds. The fourth-order valence-electron chi connectivity index (χ4n) is 3.68. The van der Waals surface area contributed by atoms with Crippen molar-refractivity contribution in [1.29, 1.82) is 0 Å². The lowest BCUT2D eigenvalue weighted by atomic mass is 9.87. The Labute approximate surface area is 230 Å². The smallest absolute Gasteiger partial charge is 0.270 e. The number of nitrogens with one attached hydrogen (secondary N) is 2. The maximum absolute atomic E-state index is 13.4. The van der Waals surface area contributed by atoms with Crippen molar-refractivity contribution >= 4 is 52.7 Å². The van der Waals surface area contributed by atoms with Gasteiger partial charge in [-0.05, 0) is 64.2 Å². The predicted molar refractivity (Wildman–Crippen MR) is 150 cm³/mol. The molecule has 8 nitrogen and oxygen atoms in total. The van der Waals surface area contributed by atoms with Gasteiger partial charge in [0.05, 0.1) is 6.54 Å². The fourth-order valence-corrected chi connectivity index (χ4v) is 4.21. The van der Waals surface area contributed by atoms with Crippen LogP contribution in [0.5, 0.6) is 0 Å². The molecule has 1 heterocycles. The molecule has 0 atom stereocenters. The van der Waals surface area contributed by atoms with E-state index in [1.807, 2.05) is 24.3 Å². The van der Waals surface area contributed by atoms with Crippen molar-refractivity contribution < 1.29 is 9.59 Å². The topological polar surface area (TPSA) is 104 Å². The summed E-state index contributed by atoms with van der Waals surface area (Å²) >= 11 is 12.6. The third kappa shape index (κ3) is 6.65. The van der Waals surface area contributed by atoms with E-state index in [0.29, 0.717) is 21.2 Å². The van der Waals surface area contributed by atoms with Crippen molar-refractivity contribution in [3.05, 3.63) is 105 Å². The molecule has 38 heavy (non-hydrogen) atoms. The Morgan fingerprint density at radius 3 is 2.21 bits per heavy atom. The fraction of sp³-hybridized carbons (Fsp3) is 0.179. The van der Waals surface area contributed by atoms with E-state index in [1.54, 1.807) is 53.4 Å². The summed E-state index contributed by atoms with van der Waals surface area (Å²) < 4.78 is 0. The van der Waals surface area contributed by atoms with Gasteiger partial charge in [0.2, 0.25) is 0 Å². The number of halogens is 2. The summed E-state index contributed by atoms with van der Waals surface area (Å²) in [7, 11) is 0. The number of carbonyl (C=O) groups excluding carboxylic acids is 2. The average molecular weight is 549 g/mol. The third-order valence-corrected chi connectivity index (χ3v) is 6.49. The number of hydrogen-bond donors (Lipinski definition) is 2. The first kappa shape index (κ1) is 27.0. The van der Waals surface area contributed by atoms with E-state index in [1.165, 1.54) is 6.08 Å². The van der Waals surface area contributed by atoms with Crippen molar-refractivity contribution in [2.24, 2.45) is 0 Å². The highest BCUT2D eigenvalue weighted by atomic mass is 35.5. The number of tetrazole rings is 1. The molecular weight excluding hydrogens is 523 g/mol. The Bertz CT molecular complexity index is 1420. The van der Waals surface area contributed by atoms with Crippen LogP contribution in [0.1, 0.15) is 47.8 Å². The van der Waals surface area contributed by atoms with Gasteiger partial charge in [0.25, 0.3) is 17.8 Å². The molecule has 0 aliphatic carbocycles. The van der Waals surface area contributed by atoms with Crippen molar-refractivity contribution in [3.63, 3.8) is 0 Å². The maximum Gasteiger partial charge on any atom is 0.270 e. The largest absolute Gasteiger partial charge is 0.304 e. The number of anilines is 2. The Morgan fingerprint density at radius 2 is 1.63 bits per heavy atom. The molecule has 0 saturated carbocycles. The van der Waals surface area contributed by atoms with Crippen LogP contribution in [0.3, 0.4) is 0 Å². The van der Waals surface area contributed by atoms with Gasteiger partial charge in [-0.3, -0.25) is 14.9 Å². The minimum atomic E-state index is -0.372. The van der Waals surface area contributed by atoms with Crippen LogP contribution in [0.25, 0.3) is 6.08 Å². The highest BCUT2D eigenvalue weighted by molar-refractivity contribution is 6.37. The standard InChI is InChI=1S/C28H26Cl2N6O2/c1-28(2,3)20-11-13-21(14-12-20)36(25(37)16-15-22-23(29)5-4-6-24(22)30)17-18-7-9-19(10-8-18)26(38)31-27-32-34-35-33-27/h4-16H,17H2,1-3H3,(H2,31,32,33,34,35,38).